The largest absolute Gasteiger partial charge is 0.488 e. The molecule has 1 amide bonds. The van der Waals surface area contributed by atoms with E-state index in [1.54, 1.807) is 24.3 Å². The maximum atomic E-state index is 12.4. The monoisotopic (exact) mass is 347 g/mol. The maximum Gasteiger partial charge on any atom is 0.339 e. The van der Waals surface area contributed by atoms with E-state index in [0.717, 1.165) is 12.8 Å². The number of carbonyl (C=O) groups is 1. The van der Waals surface area contributed by atoms with Gasteiger partial charge in [0.05, 0.1) is 12.6 Å². The highest BCUT2D eigenvalue weighted by Gasteiger charge is 2.27. The van der Waals surface area contributed by atoms with Crippen molar-refractivity contribution in [3.63, 3.8) is 0 Å². The lowest BCUT2D eigenvalue weighted by Gasteiger charge is -2.17. The Morgan fingerprint density at radius 1 is 1.42 bits per heavy atom. The summed E-state index contributed by atoms with van der Waals surface area (Å²) in [5.74, 6) is 1.20. The van der Waals surface area contributed by atoms with Gasteiger partial charge in [-0.25, -0.2) is 4.79 Å². The van der Waals surface area contributed by atoms with Gasteiger partial charge in [-0.3, -0.25) is 4.79 Å². The number of nitrogens with zero attached hydrogens (tertiary/aromatic N) is 1. The van der Waals surface area contributed by atoms with Crippen LogP contribution >= 0.6 is 11.3 Å². The Morgan fingerprint density at radius 2 is 2.25 bits per heavy atom. The van der Waals surface area contributed by atoms with E-state index in [1.807, 2.05) is 4.90 Å². The average molecular weight is 347 g/mol. The molecule has 0 N–H and O–H groups in total. The predicted octanol–water partition coefficient (Wildman–Crippen LogP) is 2.93. The third kappa shape index (κ3) is 4.06. The molecule has 1 aliphatic rings. The number of hydrogen-bond donors (Lipinski definition) is 0. The fraction of sp³-hybridized carbons (Fsp3) is 0.444. The SMILES string of the molecule is Cc1cc(O[C@H]2CCN(C(=O)CCc3sccc3C)C2)cc(=O)o1. The summed E-state index contributed by atoms with van der Waals surface area (Å²) in [6.45, 7) is 5.06. The van der Waals surface area contributed by atoms with Gasteiger partial charge < -0.3 is 14.1 Å². The molecule has 3 heterocycles. The second-order valence-corrected chi connectivity index (χ2v) is 7.12. The maximum absolute atomic E-state index is 12.4. The summed E-state index contributed by atoms with van der Waals surface area (Å²) < 4.78 is 10.8. The lowest BCUT2D eigenvalue weighted by Crippen LogP contribution is -2.31. The van der Waals surface area contributed by atoms with Crippen molar-refractivity contribution in [2.45, 2.75) is 39.2 Å². The number of aryl methyl sites for hydroxylation is 3. The zero-order valence-corrected chi connectivity index (χ0v) is 14.7. The highest BCUT2D eigenvalue weighted by molar-refractivity contribution is 7.10. The quantitative estimate of drug-likeness (QED) is 0.834. The summed E-state index contributed by atoms with van der Waals surface area (Å²) in [6, 6.07) is 5.13. The van der Waals surface area contributed by atoms with Gasteiger partial charge in [0, 0.05) is 30.3 Å². The van der Waals surface area contributed by atoms with E-state index in [4.69, 9.17) is 9.15 Å². The lowest BCUT2D eigenvalue weighted by molar-refractivity contribution is -0.130. The number of carbonyl (C=O) groups excluding carboxylic acids is 1. The second kappa shape index (κ2) is 7.21. The Labute approximate surface area is 144 Å². The van der Waals surface area contributed by atoms with Crippen LogP contribution in [0.4, 0.5) is 0 Å². The Balaban J connectivity index is 1.52. The molecule has 1 fully saturated rings. The molecule has 1 aliphatic heterocycles. The zero-order valence-electron chi connectivity index (χ0n) is 13.9. The molecule has 0 saturated carbocycles. The van der Waals surface area contributed by atoms with Crippen LogP contribution in [-0.2, 0) is 11.2 Å². The van der Waals surface area contributed by atoms with E-state index >= 15 is 0 Å². The van der Waals surface area contributed by atoms with Crippen molar-refractivity contribution in [2.24, 2.45) is 0 Å². The van der Waals surface area contributed by atoms with Crippen molar-refractivity contribution in [3.8, 4) is 5.75 Å². The molecule has 0 unspecified atom stereocenters. The molecule has 1 atom stereocenters. The standard InChI is InChI=1S/C18H21NO4S/c1-12-6-8-24-16(12)3-4-17(20)19-7-5-14(11-19)23-15-9-13(2)22-18(21)10-15/h6,8-10,14H,3-5,7,11H2,1-2H3/t14-/m0/s1. The van der Waals surface area contributed by atoms with Crippen molar-refractivity contribution in [1.82, 2.24) is 4.90 Å². The molecule has 2 aromatic heterocycles. The normalized spacial score (nSPS) is 17.2. The van der Waals surface area contributed by atoms with Crippen LogP contribution in [0.3, 0.4) is 0 Å². The zero-order chi connectivity index (χ0) is 17.1. The summed E-state index contributed by atoms with van der Waals surface area (Å²) in [6.07, 6.45) is 2.03. The minimum atomic E-state index is -0.415. The van der Waals surface area contributed by atoms with Crippen molar-refractivity contribution < 1.29 is 13.9 Å². The molecule has 5 nitrogen and oxygen atoms in total. The van der Waals surface area contributed by atoms with Crippen molar-refractivity contribution in [2.75, 3.05) is 13.1 Å². The van der Waals surface area contributed by atoms with Gasteiger partial charge in [0.15, 0.2) is 0 Å². The van der Waals surface area contributed by atoms with Gasteiger partial charge in [-0.2, -0.15) is 0 Å². The van der Waals surface area contributed by atoms with Gasteiger partial charge in [0.25, 0.3) is 0 Å². The van der Waals surface area contributed by atoms with E-state index in [2.05, 4.69) is 18.4 Å². The molecular formula is C18H21NO4S. The van der Waals surface area contributed by atoms with Crippen LogP contribution in [0.5, 0.6) is 5.75 Å². The summed E-state index contributed by atoms with van der Waals surface area (Å²) in [5.41, 5.74) is 0.843. The van der Waals surface area contributed by atoms with Gasteiger partial charge >= 0.3 is 5.63 Å². The molecule has 24 heavy (non-hydrogen) atoms. The molecule has 0 radical (unpaired) electrons. The third-order valence-electron chi connectivity index (χ3n) is 4.20. The van der Waals surface area contributed by atoms with Gasteiger partial charge in [-0.05, 0) is 37.3 Å². The van der Waals surface area contributed by atoms with Crippen LogP contribution in [0.2, 0.25) is 0 Å². The Kier molecular flexibility index (Phi) is 5.04. The summed E-state index contributed by atoms with van der Waals surface area (Å²) in [4.78, 5) is 26.9. The first-order valence-corrected chi connectivity index (χ1v) is 8.98. The number of likely N-dealkylation sites (tertiary alicyclic amines) is 1. The number of hydrogen-bond acceptors (Lipinski definition) is 5. The number of amides is 1. The Bertz CT molecular complexity index is 779. The summed E-state index contributed by atoms with van der Waals surface area (Å²) >= 11 is 1.71. The first-order valence-electron chi connectivity index (χ1n) is 8.10. The number of ether oxygens (including phenoxy) is 1. The van der Waals surface area contributed by atoms with Crippen LogP contribution in [0.1, 0.15) is 29.0 Å². The highest BCUT2D eigenvalue weighted by atomic mass is 32.1. The minimum Gasteiger partial charge on any atom is -0.488 e. The fourth-order valence-electron chi connectivity index (χ4n) is 2.93. The molecule has 2 aromatic rings. The first-order chi connectivity index (χ1) is 11.5. The first kappa shape index (κ1) is 16.8. The van der Waals surface area contributed by atoms with Gasteiger partial charge in [-0.15, -0.1) is 11.3 Å². The van der Waals surface area contributed by atoms with E-state index < -0.39 is 5.63 Å². The van der Waals surface area contributed by atoms with Crippen LogP contribution < -0.4 is 10.4 Å². The third-order valence-corrected chi connectivity index (χ3v) is 5.28. The number of rotatable bonds is 5. The van der Waals surface area contributed by atoms with Crippen LogP contribution in [-0.4, -0.2) is 30.0 Å². The van der Waals surface area contributed by atoms with Gasteiger partial charge in [-0.1, -0.05) is 0 Å². The fourth-order valence-corrected chi connectivity index (χ4v) is 3.84. The molecule has 3 rings (SSSR count). The van der Waals surface area contributed by atoms with Crippen molar-refractivity contribution >= 4 is 17.2 Å². The smallest absolute Gasteiger partial charge is 0.339 e. The van der Waals surface area contributed by atoms with Crippen molar-refractivity contribution in [3.05, 3.63) is 50.2 Å². The van der Waals surface area contributed by atoms with Crippen LogP contribution in [0, 0.1) is 13.8 Å². The lowest BCUT2D eigenvalue weighted by atomic mass is 10.2. The van der Waals surface area contributed by atoms with E-state index in [1.165, 1.54) is 16.5 Å². The molecule has 0 aromatic carbocycles. The van der Waals surface area contributed by atoms with Crippen LogP contribution in [0.15, 0.2) is 32.8 Å². The highest BCUT2D eigenvalue weighted by Crippen LogP contribution is 2.21. The Hall–Kier alpha value is -2.08. The van der Waals surface area contributed by atoms with E-state index in [9.17, 15) is 9.59 Å². The minimum absolute atomic E-state index is 0.0707. The molecule has 0 bridgehead atoms. The van der Waals surface area contributed by atoms with Gasteiger partial charge in [0.2, 0.25) is 5.91 Å². The average Bonchev–Trinajstić information content (AvgIpc) is 3.13. The van der Waals surface area contributed by atoms with Gasteiger partial charge in [0.1, 0.15) is 17.6 Å². The molecule has 6 heteroatoms. The molecular weight excluding hydrogens is 326 g/mol. The Morgan fingerprint density at radius 3 is 2.96 bits per heavy atom. The summed E-state index contributed by atoms with van der Waals surface area (Å²) in [5, 5.41) is 2.06. The topological polar surface area (TPSA) is 59.8 Å². The summed E-state index contributed by atoms with van der Waals surface area (Å²) in [7, 11) is 0. The molecule has 0 aliphatic carbocycles. The van der Waals surface area contributed by atoms with Crippen LogP contribution in [0.25, 0.3) is 0 Å². The predicted molar refractivity (Wildman–Crippen MR) is 92.7 cm³/mol. The second-order valence-electron chi connectivity index (χ2n) is 6.12. The van der Waals surface area contributed by atoms with E-state index in [-0.39, 0.29) is 12.0 Å². The van der Waals surface area contributed by atoms with Crippen molar-refractivity contribution in [1.29, 1.82) is 0 Å². The van der Waals surface area contributed by atoms with E-state index in [0.29, 0.717) is 31.0 Å². The molecule has 1 saturated heterocycles. The molecule has 0 spiro atoms. The number of thiophene rings is 1. The molecule has 128 valence electrons.